The van der Waals surface area contributed by atoms with Crippen molar-refractivity contribution in [3.63, 3.8) is 0 Å². The summed E-state index contributed by atoms with van der Waals surface area (Å²) < 4.78 is 1.02. The lowest BCUT2D eigenvalue weighted by Crippen LogP contribution is -2.32. The summed E-state index contributed by atoms with van der Waals surface area (Å²) in [5, 5.41) is 3.14. The normalized spacial score (nSPS) is 10.5. The molecule has 0 saturated carbocycles. The van der Waals surface area contributed by atoms with E-state index >= 15 is 0 Å². The van der Waals surface area contributed by atoms with Gasteiger partial charge < -0.3 is 10.2 Å². The van der Waals surface area contributed by atoms with Gasteiger partial charge in [-0.2, -0.15) is 0 Å². The molecule has 0 fully saturated rings. The number of halogens is 1. The van der Waals surface area contributed by atoms with E-state index < -0.39 is 0 Å². The molecule has 5 nitrogen and oxygen atoms in total. The van der Waals surface area contributed by atoms with Gasteiger partial charge in [-0.1, -0.05) is 35.8 Å². The van der Waals surface area contributed by atoms with Crippen LogP contribution in [0.15, 0.2) is 35.1 Å². The maximum absolute atomic E-state index is 12.5. The summed E-state index contributed by atoms with van der Waals surface area (Å²) in [6, 6.07) is 5.95. The predicted octanol–water partition coefficient (Wildman–Crippen LogP) is 4.55. The number of anilines is 2. The molecule has 0 bridgehead atoms. The predicted molar refractivity (Wildman–Crippen MR) is 101 cm³/mol. The van der Waals surface area contributed by atoms with Crippen molar-refractivity contribution < 1.29 is 4.79 Å². The summed E-state index contributed by atoms with van der Waals surface area (Å²) in [4.78, 5) is 22.9. The maximum atomic E-state index is 12.5. The SMILES string of the molecule is CCCN(CCC)C(=O)c1cnc(Nc2ccc(C)c(Br)c2)nc1. The van der Waals surface area contributed by atoms with E-state index in [9.17, 15) is 4.79 Å². The Morgan fingerprint density at radius 2 is 1.79 bits per heavy atom. The molecule has 1 N–H and O–H groups in total. The van der Waals surface area contributed by atoms with Crippen molar-refractivity contribution in [3.8, 4) is 0 Å². The Hall–Kier alpha value is -1.95. The molecule has 0 saturated heterocycles. The molecule has 0 unspecified atom stereocenters. The summed E-state index contributed by atoms with van der Waals surface area (Å²) in [5.74, 6) is 0.461. The first-order valence-electron chi connectivity index (χ1n) is 8.19. The van der Waals surface area contributed by atoms with Gasteiger partial charge >= 0.3 is 0 Å². The van der Waals surface area contributed by atoms with Gasteiger partial charge in [0.05, 0.1) is 5.56 Å². The van der Waals surface area contributed by atoms with E-state index in [2.05, 4.69) is 45.1 Å². The summed E-state index contributed by atoms with van der Waals surface area (Å²) in [6.45, 7) is 7.68. The van der Waals surface area contributed by atoms with Gasteiger partial charge in [0, 0.05) is 35.6 Å². The smallest absolute Gasteiger partial charge is 0.256 e. The van der Waals surface area contributed by atoms with Crippen molar-refractivity contribution in [1.82, 2.24) is 14.9 Å². The minimum Gasteiger partial charge on any atom is -0.339 e. The first-order chi connectivity index (χ1) is 11.5. The molecule has 1 amide bonds. The van der Waals surface area contributed by atoms with E-state index in [0.717, 1.165) is 41.7 Å². The third kappa shape index (κ3) is 4.77. The molecule has 0 atom stereocenters. The van der Waals surface area contributed by atoms with Crippen LogP contribution in [-0.4, -0.2) is 33.9 Å². The molecular formula is C18H23BrN4O. The van der Waals surface area contributed by atoms with Crippen LogP contribution < -0.4 is 5.32 Å². The summed E-state index contributed by atoms with van der Waals surface area (Å²) in [7, 11) is 0. The van der Waals surface area contributed by atoms with Crippen LogP contribution in [0.4, 0.5) is 11.6 Å². The fourth-order valence-corrected chi connectivity index (χ4v) is 2.72. The molecule has 0 aliphatic carbocycles. The van der Waals surface area contributed by atoms with Crippen molar-refractivity contribution in [2.45, 2.75) is 33.6 Å². The third-order valence-corrected chi connectivity index (χ3v) is 4.46. The zero-order chi connectivity index (χ0) is 17.5. The van der Waals surface area contributed by atoms with Gasteiger partial charge in [-0.25, -0.2) is 9.97 Å². The lowest BCUT2D eigenvalue weighted by atomic mass is 10.2. The molecule has 1 aromatic carbocycles. The van der Waals surface area contributed by atoms with Crippen molar-refractivity contribution in [1.29, 1.82) is 0 Å². The van der Waals surface area contributed by atoms with E-state index in [1.165, 1.54) is 0 Å². The number of aryl methyl sites for hydroxylation is 1. The molecule has 0 aliphatic rings. The van der Waals surface area contributed by atoms with E-state index in [4.69, 9.17) is 0 Å². The van der Waals surface area contributed by atoms with Crippen LogP contribution in [0.1, 0.15) is 42.6 Å². The van der Waals surface area contributed by atoms with Crippen LogP contribution in [0.2, 0.25) is 0 Å². The standard InChI is InChI=1S/C18H23BrN4O/c1-4-8-23(9-5-2)17(24)14-11-20-18(21-12-14)22-15-7-6-13(3)16(19)10-15/h6-7,10-12H,4-5,8-9H2,1-3H3,(H,20,21,22). The molecule has 0 aliphatic heterocycles. The number of hydrogen-bond acceptors (Lipinski definition) is 4. The van der Waals surface area contributed by atoms with Crippen molar-refractivity contribution in [2.75, 3.05) is 18.4 Å². The molecule has 2 rings (SSSR count). The van der Waals surface area contributed by atoms with Gasteiger partial charge in [-0.05, 0) is 37.5 Å². The number of nitrogens with one attached hydrogen (secondary N) is 1. The Labute approximate surface area is 151 Å². The van der Waals surface area contributed by atoms with Crippen LogP contribution in [-0.2, 0) is 0 Å². The molecule has 128 valence electrons. The van der Waals surface area contributed by atoms with Gasteiger partial charge in [-0.15, -0.1) is 0 Å². The molecule has 0 radical (unpaired) electrons. The summed E-state index contributed by atoms with van der Waals surface area (Å²) >= 11 is 3.50. The number of benzene rings is 1. The monoisotopic (exact) mass is 390 g/mol. The Morgan fingerprint density at radius 3 is 2.33 bits per heavy atom. The summed E-state index contributed by atoms with van der Waals surface area (Å²) in [5.41, 5.74) is 2.58. The van der Waals surface area contributed by atoms with Crippen LogP contribution >= 0.6 is 15.9 Å². The quantitative estimate of drug-likeness (QED) is 0.752. The fourth-order valence-electron chi connectivity index (χ4n) is 2.34. The van der Waals surface area contributed by atoms with E-state index in [1.807, 2.05) is 30.0 Å². The molecule has 1 heterocycles. The van der Waals surface area contributed by atoms with Gasteiger partial charge in [0.1, 0.15) is 0 Å². The lowest BCUT2D eigenvalue weighted by Gasteiger charge is -2.21. The largest absolute Gasteiger partial charge is 0.339 e. The van der Waals surface area contributed by atoms with Gasteiger partial charge in [0.2, 0.25) is 5.95 Å². The molecule has 6 heteroatoms. The van der Waals surface area contributed by atoms with Crippen molar-refractivity contribution >= 4 is 33.5 Å². The van der Waals surface area contributed by atoms with Crippen molar-refractivity contribution in [2.24, 2.45) is 0 Å². The number of aromatic nitrogens is 2. The number of nitrogens with zero attached hydrogens (tertiary/aromatic N) is 3. The molecule has 2 aromatic rings. The highest BCUT2D eigenvalue weighted by molar-refractivity contribution is 9.10. The fraction of sp³-hybridized carbons (Fsp3) is 0.389. The van der Waals surface area contributed by atoms with E-state index in [-0.39, 0.29) is 5.91 Å². The second-order valence-electron chi connectivity index (χ2n) is 5.68. The topological polar surface area (TPSA) is 58.1 Å². The first-order valence-corrected chi connectivity index (χ1v) is 8.99. The first kappa shape index (κ1) is 18.4. The van der Waals surface area contributed by atoms with E-state index in [0.29, 0.717) is 11.5 Å². The average molecular weight is 391 g/mol. The number of amides is 1. The van der Waals surface area contributed by atoms with Gasteiger partial charge in [0.25, 0.3) is 5.91 Å². The minimum absolute atomic E-state index is 0.0108. The highest BCUT2D eigenvalue weighted by Crippen LogP contribution is 2.22. The minimum atomic E-state index is -0.0108. The number of rotatable bonds is 7. The Kier molecular flexibility index (Phi) is 6.73. The maximum Gasteiger partial charge on any atom is 0.256 e. The summed E-state index contributed by atoms with van der Waals surface area (Å²) in [6.07, 6.45) is 5.04. The lowest BCUT2D eigenvalue weighted by molar-refractivity contribution is 0.0755. The highest BCUT2D eigenvalue weighted by Gasteiger charge is 2.15. The zero-order valence-corrected chi connectivity index (χ0v) is 15.9. The Balaban J connectivity index is 2.09. The molecule has 0 spiro atoms. The average Bonchev–Trinajstić information content (AvgIpc) is 2.58. The Bertz CT molecular complexity index is 682. The second-order valence-corrected chi connectivity index (χ2v) is 6.53. The second kappa shape index (κ2) is 8.78. The van der Waals surface area contributed by atoms with Crippen LogP contribution in [0, 0.1) is 6.92 Å². The third-order valence-electron chi connectivity index (χ3n) is 3.60. The van der Waals surface area contributed by atoms with Crippen LogP contribution in [0.5, 0.6) is 0 Å². The highest BCUT2D eigenvalue weighted by atomic mass is 79.9. The van der Waals surface area contributed by atoms with Gasteiger partial charge in [-0.3, -0.25) is 4.79 Å². The van der Waals surface area contributed by atoms with Crippen LogP contribution in [0.3, 0.4) is 0 Å². The van der Waals surface area contributed by atoms with E-state index in [1.54, 1.807) is 12.4 Å². The Morgan fingerprint density at radius 1 is 1.17 bits per heavy atom. The van der Waals surface area contributed by atoms with Crippen molar-refractivity contribution in [3.05, 3.63) is 46.2 Å². The van der Waals surface area contributed by atoms with Crippen LogP contribution in [0.25, 0.3) is 0 Å². The number of carbonyl (C=O) groups is 1. The molecule has 24 heavy (non-hydrogen) atoms. The zero-order valence-electron chi connectivity index (χ0n) is 14.3. The number of hydrogen-bond donors (Lipinski definition) is 1. The molecular weight excluding hydrogens is 368 g/mol. The van der Waals surface area contributed by atoms with Gasteiger partial charge in [0.15, 0.2) is 0 Å². The number of carbonyl (C=O) groups excluding carboxylic acids is 1. The molecule has 1 aromatic heterocycles.